The summed E-state index contributed by atoms with van der Waals surface area (Å²) >= 11 is 3.23. The highest BCUT2D eigenvalue weighted by atomic mass is 79.9. The standard InChI is InChI=1S/C12H17BrN2O3/c1-12(2,3)18-11(17)9(14)10(16)7-4-8(13)6-15-5-7/h4-6,9-10,16H,14H2,1-3H3/t9-,10-/m1/s1. The van der Waals surface area contributed by atoms with Crippen molar-refractivity contribution in [2.75, 3.05) is 0 Å². The van der Waals surface area contributed by atoms with Crippen LogP contribution in [0.3, 0.4) is 0 Å². The van der Waals surface area contributed by atoms with Gasteiger partial charge < -0.3 is 15.6 Å². The Morgan fingerprint density at radius 1 is 1.50 bits per heavy atom. The van der Waals surface area contributed by atoms with Crippen LogP contribution in [0, 0.1) is 0 Å². The van der Waals surface area contributed by atoms with Gasteiger partial charge >= 0.3 is 5.97 Å². The molecule has 2 atom stereocenters. The number of carbonyl (C=O) groups excluding carboxylic acids is 1. The summed E-state index contributed by atoms with van der Waals surface area (Å²) in [5, 5.41) is 9.99. The van der Waals surface area contributed by atoms with E-state index >= 15 is 0 Å². The molecule has 0 fully saturated rings. The lowest BCUT2D eigenvalue weighted by molar-refractivity contribution is -0.159. The largest absolute Gasteiger partial charge is 0.459 e. The minimum absolute atomic E-state index is 0.461. The van der Waals surface area contributed by atoms with Crippen molar-refractivity contribution >= 4 is 21.9 Å². The highest BCUT2D eigenvalue weighted by Gasteiger charge is 2.29. The molecule has 0 saturated carbocycles. The third-order valence-corrected chi connectivity index (χ3v) is 2.52. The van der Waals surface area contributed by atoms with Gasteiger partial charge in [0.25, 0.3) is 0 Å². The van der Waals surface area contributed by atoms with Gasteiger partial charge in [0.2, 0.25) is 0 Å². The molecular weight excluding hydrogens is 300 g/mol. The molecular formula is C12H17BrN2O3. The molecule has 0 bridgehead atoms. The summed E-state index contributed by atoms with van der Waals surface area (Å²) < 4.78 is 5.82. The molecule has 0 spiro atoms. The first-order valence-electron chi connectivity index (χ1n) is 5.47. The maximum atomic E-state index is 11.7. The van der Waals surface area contributed by atoms with Crippen LogP contribution in [0.5, 0.6) is 0 Å². The highest BCUT2D eigenvalue weighted by molar-refractivity contribution is 9.10. The predicted molar refractivity (Wildman–Crippen MR) is 70.7 cm³/mol. The maximum Gasteiger partial charge on any atom is 0.326 e. The average molecular weight is 317 g/mol. The van der Waals surface area contributed by atoms with Crippen molar-refractivity contribution in [2.24, 2.45) is 5.73 Å². The number of esters is 1. The number of halogens is 1. The second-order valence-electron chi connectivity index (χ2n) is 4.94. The summed E-state index contributed by atoms with van der Waals surface area (Å²) in [5.41, 5.74) is 5.51. The van der Waals surface area contributed by atoms with Crippen molar-refractivity contribution in [3.8, 4) is 0 Å². The molecule has 1 aromatic heterocycles. The van der Waals surface area contributed by atoms with Crippen molar-refractivity contribution in [2.45, 2.75) is 38.5 Å². The molecule has 0 aliphatic rings. The summed E-state index contributed by atoms with van der Waals surface area (Å²) in [7, 11) is 0. The van der Waals surface area contributed by atoms with Gasteiger partial charge in [0, 0.05) is 22.4 Å². The summed E-state index contributed by atoms with van der Waals surface area (Å²) in [6.45, 7) is 5.22. The number of hydrogen-bond donors (Lipinski definition) is 2. The summed E-state index contributed by atoms with van der Waals surface area (Å²) in [6.07, 6.45) is 1.89. The Bertz CT molecular complexity index is 432. The minimum Gasteiger partial charge on any atom is -0.459 e. The smallest absolute Gasteiger partial charge is 0.326 e. The van der Waals surface area contributed by atoms with E-state index in [1.807, 2.05) is 0 Å². The Morgan fingerprint density at radius 3 is 2.61 bits per heavy atom. The average Bonchev–Trinajstić information content (AvgIpc) is 2.24. The number of aliphatic hydroxyl groups excluding tert-OH is 1. The van der Waals surface area contributed by atoms with Gasteiger partial charge in [-0.15, -0.1) is 0 Å². The van der Waals surface area contributed by atoms with Crippen LogP contribution in [0.2, 0.25) is 0 Å². The number of aromatic nitrogens is 1. The van der Waals surface area contributed by atoms with E-state index in [1.54, 1.807) is 33.0 Å². The van der Waals surface area contributed by atoms with Gasteiger partial charge in [0.05, 0.1) is 0 Å². The quantitative estimate of drug-likeness (QED) is 0.826. The van der Waals surface area contributed by atoms with E-state index in [2.05, 4.69) is 20.9 Å². The van der Waals surface area contributed by atoms with Gasteiger partial charge in [-0.1, -0.05) is 0 Å². The molecule has 1 rings (SSSR count). The number of hydrogen-bond acceptors (Lipinski definition) is 5. The normalized spacial score (nSPS) is 15.0. The zero-order chi connectivity index (χ0) is 13.9. The fraction of sp³-hybridized carbons (Fsp3) is 0.500. The molecule has 3 N–H and O–H groups in total. The lowest BCUT2D eigenvalue weighted by Gasteiger charge is -2.24. The van der Waals surface area contributed by atoms with E-state index < -0.39 is 23.7 Å². The molecule has 6 heteroatoms. The van der Waals surface area contributed by atoms with Crippen LogP contribution in [-0.2, 0) is 9.53 Å². The monoisotopic (exact) mass is 316 g/mol. The first-order valence-corrected chi connectivity index (χ1v) is 6.27. The van der Waals surface area contributed by atoms with Crippen LogP contribution < -0.4 is 5.73 Å². The van der Waals surface area contributed by atoms with Crippen LogP contribution >= 0.6 is 15.9 Å². The number of nitrogens with two attached hydrogens (primary N) is 1. The Kier molecular flexibility index (Phi) is 4.84. The van der Waals surface area contributed by atoms with Gasteiger partial charge in [-0.25, -0.2) is 0 Å². The van der Waals surface area contributed by atoms with E-state index in [4.69, 9.17) is 10.5 Å². The highest BCUT2D eigenvalue weighted by Crippen LogP contribution is 2.20. The van der Waals surface area contributed by atoms with E-state index in [-0.39, 0.29) is 0 Å². The van der Waals surface area contributed by atoms with Gasteiger partial charge in [-0.3, -0.25) is 9.78 Å². The van der Waals surface area contributed by atoms with Crippen molar-refractivity contribution < 1.29 is 14.6 Å². The second-order valence-corrected chi connectivity index (χ2v) is 5.86. The lowest BCUT2D eigenvalue weighted by atomic mass is 10.0. The van der Waals surface area contributed by atoms with E-state index in [1.165, 1.54) is 6.20 Å². The Balaban J connectivity index is 2.78. The van der Waals surface area contributed by atoms with Crippen molar-refractivity contribution in [3.63, 3.8) is 0 Å². The topological polar surface area (TPSA) is 85.4 Å². The number of ether oxygens (including phenoxy) is 1. The Morgan fingerprint density at radius 2 is 2.11 bits per heavy atom. The molecule has 1 heterocycles. The molecule has 0 aliphatic heterocycles. The van der Waals surface area contributed by atoms with Gasteiger partial charge in [-0.2, -0.15) is 0 Å². The van der Waals surface area contributed by atoms with Crippen LogP contribution in [0.1, 0.15) is 32.4 Å². The van der Waals surface area contributed by atoms with E-state index in [9.17, 15) is 9.90 Å². The molecule has 0 radical (unpaired) electrons. The summed E-state index contributed by atoms with van der Waals surface area (Å²) in [5.74, 6) is -0.644. The zero-order valence-electron chi connectivity index (χ0n) is 10.6. The predicted octanol–water partition coefficient (Wildman–Crippen LogP) is 1.55. The van der Waals surface area contributed by atoms with E-state index in [0.717, 1.165) is 0 Å². The third-order valence-electron chi connectivity index (χ3n) is 2.09. The Labute approximate surface area is 114 Å². The molecule has 0 aromatic carbocycles. The molecule has 5 nitrogen and oxygen atoms in total. The van der Waals surface area contributed by atoms with Crippen LogP contribution in [0.25, 0.3) is 0 Å². The van der Waals surface area contributed by atoms with Crippen LogP contribution in [0.15, 0.2) is 22.9 Å². The fourth-order valence-corrected chi connectivity index (χ4v) is 1.68. The molecule has 0 unspecified atom stereocenters. The summed E-state index contributed by atoms with van der Waals surface area (Å²) in [4.78, 5) is 15.6. The molecule has 0 saturated heterocycles. The lowest BCUT2D eigenvalue weighted by Crippen LogP contribution is -2.41. The number of rotatable bonds is 3. The van der Waals surface area contributed by atoms with Crippen molar-refractivity contribution in [1.29, 1.82) is 0 Å². The number of carbonyl (C=O) groups is 1. The maximum absolute atomic E-state index is 11.7. The third kappa shape index (κ3) is 4.36. The van der Waals surface area contributed by atoms with E-state index in [0.29, 0.717) is 10.0 Å². The molecule has 0 aliphatic carbocycles. The van der Waals surface area contributed by atoms with Crippen LogP contribution in [-0.4, -0.2) is 27.7 Å². The van der Waals surface area contributed by atoms with Gasteiger partial charge in [-0.05, 0) is 42.8 Å². The van der Waals surface area contributed by atoms with Crippen molar-refractivity contribution in [3.05, 3.63) is 28.5 Å². The Hall–Kier alpha value is -0.980. The SMILES string of the molecule is CC(C)(C)OC(=O)[C@H](N)[C@H](O)c1cncc(Br)c1. The first-order chi connectivity index (χ1) is 8.20. The van der Waals surface area contributed by atoms with Gasteiger partial charge in [0.15, 0.2) is 0 Å². The zero-order valence-corrected chi connectivity index (χ0v) is 12.1. The second kappa shape index (κ2) is 5.77. The number of pyridine rings is 1. The molecule has 100 valence electrons. The fourth-order valence-electron chi connectivity index (χ4n) is 1.30. The number of nitrogens with zero attached hydrogens (tertiary/aromatic N) is 1. The van der Waals surface area contributed by atoms with Crippen LogP contribution in [0.4, 0.5) is 0 Å². The number of aliphatic hydroxyl groups is 1. The van der Waals surface area contributed by atoms with Gasteiger partial charge in [0.1, 0.15) is 17.7 Å². The van der Waals surface area contributed by atoms with Crippen molar-refractivity contribution in [1.82, 2.24) is 4.98 Å². The summed E-state index contributed by atoms with van der Waals surface area (Å²) in [6, 6.07) is 0.516. The minimum atomic E-state index is -1.15. The molecule has 0 amide bonds. The first kappa shape index (κ1) is 15.1. The molecule has 1 aromatic rings. The molecule has 18 heavy (non-hydrogen) atoms.